The Morgan fingerprint density at radius 3 is 2.27 bits per heavy atom. The summed E-state index contributed by atoms with van der Waals surface area (Å²) in [6.45, 7) is 1.45. The smallest absolute Gasteiger partial charge is 0.323 e. The molecule has 0 aromatic rings. The van der Waals surface area contributed by atoms with Crippen LogP contribution in [0.15, 0.2) is 0 Å². The van der Waals surface area contributed by atoms with Gasteiger partial charge in [-0.25, -0.2) is 0 Å². The Kier molecular flexibility index (Phi) is 9.10. The molecule has 4 N–H and O–H groups in total. The Morgan fingerprint density at radius 1 is 1.14 bits per heavy atom. The van der Waals surface area contributed by atoms with Crippen LogP contribution in [0.1, 0.15) is 77.0 Å². The summed E-state index contributed by atoms with van der Waals surface area (Å²) in [6, 6.07) is 0. The lowest BCUT2D eigenvalue weighted by atomic mass is 9.66. The lowest BCUT2D eigenvalue weighted by Gasteiger charge is -2.26. The standard InChI is InChI=1S/C17H34BNO3/c1-18(22)14-8-7-13-17(19,16(20)21)12-6-5-11-15-9-3-2-4-10-15/h15,22H,2-14,19H2,1H3,(H,20,21). The zero-order valence-electron chi connectivity index (χ0n) is 14.2. The maximum absolute atomic E-state index is 11.5. The number of hydrogen-bond donors (Lipinski definition) is 3. The van der Waals surface area contributed by atoms with E-state index in [0.29, 0.717) is 12.8 Å². The maximum Gasteiger partial charge on any atom is 0.323 e. The lowest BCUT2D eigenvalue weighted by molar-refractivity contribution is -0.144. The molecule has 1 unspecified atom stereocenters. The molecule has 1 aliphatic carbocycles. The largest absolute Gasteiger partial charge is 0.480 e. The van der Waals surface area contributed by atoms with Gasteiger partial charge in [0.15, 0.2) is 0 Å². The van der Waals surface area contributed by atoms with Gasteiger partial charge in [-0.1, -0.05) is 71.0 Å². The second-order valence-corrected chi connectivity index (χ2v) is 7.31. The van der Waals surface area contributed by atoms with Gasteiger partial charge >= 0.3 is 5.97 Å². The van der Waals surface area contributed by atoms with E-state index in [4.69, 9.17) is 5.73 Å². The molecule has 0 aliphatic heterocycles. The minimum Gasteiger partial charge on any atom is -0.480 e. The van der Waals surface area contributed by atoms with Crippen LogP contribution in [0.2, 0.25) is 13.1 Å². The fourth-order valence-electron chi connectivity index (χ4n) is 3.57. The monoisotopic (exact) mass is 311 g/mol. The van der Waals surface area contributed by atoms with Gasteiger partial charge in [0.2, 0.25) is 0 Å². The van der Waals surface area contributed by atoms with Gasteiger partial charge in [0, 0.05) is 0 Å². The molecule has 5 heteroatoms. The third kappa shape index (κ3) is 7.64. The van der Waals surface area contributed by atoms with Crippen LogP contribution in [0.4, 0.5) is 0 Å². The number of carboxylic acid groups (broad SMARTS) is 1. The molecule has 0 radical (unpaired) electrons. The molecule has 1 saturated carbocycles. The van der Waals surface area contributed by atoms with E-state index in [1.807, 2.05) is 0 Å². The number of aliphatic carboxylic acids is 1. The molecular formula is C17H34BNO3. The van der Waals surface area contributed by atoms with E-state index in [1.165, 1.54) is 38.5 Å². The molecule has 0 saturated heterocycles. The van der Waals surface area contributed by atoms with E-state index in [0.717, 1.165) is 37.9 Å². The van der Waals surface area contributed by atoms with Crippen molar-refractivity contribution in [3.63, 3.8) is 0 Å². The van der Waals surface area contributed by atoms with Gasteiger partial charge in [-0.15, -0.1) is 0 Å². The first-order chi connectivity index (χ1) is 10.4. The Bertz CT molecular complexity index is 319. The van der Waals surface area contributed by atoms with Crippen LogP contribution in [0, 0.1) is 5.92 Å². The van der Waals surface area contributed by atoms with Crippen molar-refractivity contribution < 1.29 is 14.9 Å². The fourth-order valence-corrected chi connectivity index (χ4v) is 3.57. The van der Waals surface area contributed by atoms with Gasteiger partial charge in [0.25, 0.3) is 6.92 Å². The highest BCUT2D eigenvalue weighted by Gasteiger charge is 2.32. The SMILES string of the molecule is CB(O)CCCCC(N)(CCCCC1CCCCC1)C(=O)O. The molecular weight excluding hydrogens is 277 g/mol. The van der Waals surface area contributed by atoms with Crippen molar-refractivity contribution >= 4 is 12.9 Å². The molecule has 1 atom stereocenters. The molecule has 4 nitrogen and oxygen atoms in total. The predicted molar refractivity (Wildman–Crippen MR) is 92.1 cm³/mol. The molecule has 0 bridgehead atoms. The van der Waals surface area contributed by atoms with E-state index in [1.54, 1.807) is 6.82 Å². The molecule has 0 aromatic heterocycles. The molecule has 1 rings (SSSR count). The first-order valence-corrected chi connectivity index (χ1v) is 9.14. The molecule has 1 fully saturated rings. The zero-order chi connectivity index (χ0) is 16.4. The topological polar surface area (TPSA) is 83.5 Å². The van der Waals surface area contributed by atoms with Crippen LogP contribution in [-0.4, -0.2) is 28.6 Å². The molecule has 0 spiro atoms. The van der Waals surface area contributed by atoms with Gasteiger partial charge < -0.3 is 15.9 Å². The summed E-state index contributed by atoms with van der Waals surface area (Å²) in [7, 11) is 0. The van der Waals surface area contributed by atoms with Gasteiger partial charge in [0.1, 0.15) is 5.54 Å². The number of unbranched alkanes of at least 4 members (excludes halogenated alkanes) is 2. The summed E-state index contributed by atoms with van der Waals surface area (Å²) in [5.41, 5.74) is 5.04. The van der Waals surface area contributed by atoms with Crippen LogP contribution < -0.4 is 5.73 Å². The number of rotatable bonds is 11. The molecule has 22 heavy (non-hydrogen) atoms. The predicted octanol–water partition coefficient (Wildman–Crippen LogP) is 3.69. The second kappa shape index (κ2) is 10.3. The van der Waals surface area contributed by atoms with Crippen LogP contribution >= 0.6 is 0 Å². The third-order valence-electron chi connectivity index (χ3n) is 5.13. The summed E-state index contributed by atoms with van der Waals surface area (Å²) in [4.78, 5) is 11.5. The van der Waals surface area contributed by atoms with Crippen molar-refractivity contribution in [1.29, 1.82) is 0 Å². The summed E-state index contributed by atoms with van der Waals surface area (Å²) >= 11 is 0. The van der Waals surface area contributed by atoms with E-state index >= 15 is 0 Å². The average molecular weight is 311 g/mol. The summed E-state index contributed by atoms with van der Waals surface area (Å²) in [5, 5.41) is 18.7. The number of hydrogen-bond acceptors (Lipinski definition) is 3. The van der Waals surface area contributed by atoms with E-state index in [-0.39, 0.29) is 6.92 Å². The fraction of sp³-hybridized carbons (Fsp3) is 0.941. The van der Waals surface area contributed by atoms with Gasteiger partial charge in [-0.3, -0.25) is 4.79 Å². The van der Waals surface area contributed by atoms with E-state index in [2.05, 4.69) is 0 Å². The van der Waals surface area contributed by atoms with Crippen molar-refractivity contribution in [3.05, 3.63) is 0 Å². The highest BCUT2D eigenvalue weighted by Crippen LogP contribution is 2.29. The minimum atomic E-state index is -1.08. The lowest BCUT2D eigenvalue weighted by Crippen LogP contribution is -2.47. The van der Waals surface area contributed by atoms with Crippen molar-refractivity contribution in [2.75, 3.05) is 0 Å². The summed E-state index contributed by atoms with van der Waals surface area (Å²) in [5.74, 6) is -0.0148. The molecule has 0 heterocycles. The van der Waals surface area contributed by atoms with Gasteiger partial charge in [-0.2, -0.15) is 0 Å². The Morgan fingerprint density at radius 2 is 1.73 bits per heavy atom. The van der Waals surface area contributed by atoms with Crippen LogP contribution in [0.3, 0.4) is 0 Å². The second-order valence-electron chi connectivity index (χ2n) is 7.31. The van der Waals surface area contributed by atoms with Crippen LogP contribution in [-0.2, 0) is 4.79 Å². The first kappa shape index (κ1) is 19.5. The Labute approximate surface area is 136 Å². The minimum absolute atomic E-state index is 0.313. The first-order valence-electron chi connectivity index (χ1n) is 9.14. The molecule has 1 aliphatic rings. The number of nitrogens with two attached hydrogens (primary N) is 1. The Hall–Kier alpha value is -0.545. The Balaban J connectivity index is 2.22. The highest BCUT2D eigenvalue weighted by atomic mass is 16.4. The van der Waals surface area contributed by atoms with Crippen molar-refractivity contribution in [2.24, 2.45) is 11.7 Å². The van der Waals surface area contributed by atoms with Crippen molar-refractivity contribution in [1.82, 2.24) is 0 Å². The van der Waals surface area contributed by atoms with Crippen molar-refractivity contribution in [3.8, 4) is 0 Å². The molecule has 128 valence electrons. The normalized spacial score (nSPS) is 18.9. The average Bonchev–Trinajstić information content (AvgIpc) is 2.49. The zero-order valence-corrected chi connectivity index (χ0v) is 14.2. The van der Waals surface area contributed by atoms with Crippen LogP contribution in [0.25, 0.3) is 0 Å². The van der Waals surface area contributed by atoms with Crippen molar-refractivity contribution in [2.45, 2.75) is 95.7 Å². The quantitative estimate of drug-likeness (QED) is 0.401. The van der Waals surface area contributed by atoms with Gasteiger partial charge in [0.05, 0.1) is 0 Å². The van der Waals surface area contributed by atoms with Gasteiger partial charge in [-0.05, 0) is 25.1 Å². The highest BCUT2D eigenvalue weighted by molar-refractivity contribution is 6.48. The molecule has 0 amide bonds. The molecule has 0 aromatic carbocycles. The summed E-state index contributed by atoms with van der Waals surface area (Å²) in [6.07, 6.45) is 13.5. The number of carboxylic acids is 1. The van der Waals surface area contributed by atoms with E-state index < -0.39 is 11.5 Å². The number of carbonyl (C=O) groups is 1. The third-order valence-corrected chi connectivity index (χ3v) is 5.13. The van der Waals surface area contributed by atoms with Crippen LogP contribution in [0.5, 0.6) is 0 Å². The van der Waals surface area contributed by atoms with E-state index in [9.17, 15) is 14.9 Å². The summed E-state index contributed by atoms with van der Waals surface area (Å²) < 4.78 is 0. The maximum atomic E-state index is 11.5.